The summed E-state index contributed by atoms with van der Waals surface area (Å²) in [4.78, 5) is 6.86. The van der Waals surface area contributed by atoms with Gasteiger partial charge in [-0.15, -0.1) is 0 Å². The van der Waals surface area contributed by atoms with Gasteiger partial charge in [-0.2, -0.15) is 4.31 Å². The van der Waals surface area contributed by atoms with Crippen LogP contribution in [0.1, 0.15) is 24.0 Å². The molecule has 0 bridgehead atoms. The van der Waals surface area contributed by atoms with Gasteiger partial charge in [-0.1, -0.05) is 42.5 Å². The third-order valence-electron chi connectivity index (χ3n) is 6.63. The highest BCUT2D eigenvalue weighted by Gasteiger charge is 2.36. The van der Waals surface area contributed by atoms with Gasteiger partial charge in [0, 0.05) is 37.8 Å². The van der Waals surface area contributed by atoms with Gasteiger partial charge in [-0.05, 0) is 36.1 Å². The van der Waals surface area contributed by atoms with Crippen LogP contribution in [0.25, 0.3) is 10.9 Å². The van der Waals surface area contributed by atoms with Crippen LogP contribution in [0.5, 0.6) is 0 Å². The van der Waals surface area contributed by atoms with Crippen LogP contribution in [-0.2, 0) is 27.9 Å². The van der Waals surface area contributed by atoms with E-state index in [4.69, 9.17) is 4.74 Å². The van der Waals surface area contributed by atoms with Crippen molar-refractivity contribution < 1.29 is 18.3 Å². The maximum absolute atomic E-state index is 14.2. The largest absolute Gasteiger partial charge is 0.393 e. The molecular formula is C25H29N3O4S. The molecule has 1 saturated heterocycles. The van der Waals surface area contributed by atoms with Gasteiger partial charge in [0.15, 0.2) is 0 Å². The number of ether oxygens (including phenoxy) is 1. The van der Waals surface area contributed by atoms with Crippen molar-refractivity contribution in [3.63, 3.8) is 0 Å². The van der Waals surface area contributed by atoms with Crippen molar-refractivity contribution in [2.45, 2.75) is 43.0 Å². The Morgan fingerprint density at radius 2 is 1.76 bits per heavy atom. The molecule has 0 amide bonds. The van der Waals surface area contributed by atoms with E-state index in [0.29, 0.717) is 38.1 Å². The summed E-state index contributed by atoms with van der Waals surface area (Å²) in [6.07, 6.45) is 2.76. The predicted molar refractivity (Wildman–Crippen MR) is 126 cm³/mol. The van der Waals surface area contributed by atoms with Gasteiger partial charge in [0.25, 0.3) is 0 Å². The molecule has 1 N–H and O–H groups in total. The number of nitrogens with zero attached hydrogens (tertiary/aromatic N) is 3. The van der Waals surface area contributed by atoms with E-state index in [1.165, 1.54) is 0 Å². The number of piperidine rings is 1. The molecular weight excluding hydrogens is 438 g/mol. The van der Waals surface area contributed by atoms with Gasteiger partial charge in [0.1, 0.15) is 4.90 Å². The van der Waals surface area contributed by atoms with E-state index >= 15 is 0 Å². The van der Waals surface area contributed by atoms with Crippen LogP contribution in [0.4, 0.5) is 0 Å². The lowest BCUT2D eigenvalue weighted by molar-refractivity contribution is 0.0329. The topological polar surface area (TPSA) is 83.0 Å². The van der Waals surface area contributed by atoms with Gasteiger partial charge in [-0.25, -0.2) is 8.42 Å². The minimum atomic E-state index is -3.87. The fourth-order valence-corrected chi connectivity index (χ4v) is 6.52. The highest BCUT2D eigenvalue weighted by Crippen LogP contribution is 2.29. The van der Waals surface area contributed by atoms with Crippen molar-refractivity contribution in [2.75, 3.05) is 26.2 Å². The van der Waals surface area contributed by atoms with E-state index in [-0.39, 0.29) is 23.6 Å². The molecule has 0 radical (unpaired) electrons. The standard InChI is InChI=1S/C25H29N3O4S/c29-23-10-13-27(14-11-23)16-22-18-32-17-21-6-2-1-5-20(21)15-28(22)33(30,31)24-9-3-7-19-8-4-12-26-25(19)24/h1-9,12,22-23,29H,10-11,13-18H2/t22-/m1/s1. The number of aromatic nitrogens is 1. The molecule has 2 aromatic carbocycles. The van der Waals surface area contributed by atoms with Gasteiger partial charge < -0.3 is 14.7 Å². The molecule has 2 aliphatic rings. The van der Waals surface area contributed by atoms with Gasteiger partial charge in [-0.3, -0.25) is 4.98 Å². The van der Waals surface area contributed by atoms with Gasteiger partial charge in [0.2, 0.25) is 10.0 Å². The summed E-state index contributed by atoms with van der Waals surface area (Å²) in [5.74, 6) is 0. The lowest BCUT2D eigenvalue weighted by Gasteiger charge is -2.38. The molecule has 3 aromatic rings. The minimum absolute atomic E-state index is 0.220. The van der Waals surface area contributed by atoms with Crippen LogP contribution in [0.2, 0.25) is 0 Å². The number of likely N-dealkylation sites (tertiary alicyclic amines) is 1. The second-order valence-corrected chi connectivity index (χ2v) is 10.7. The fraction of sp³-hybridized carbons (Fsp3) is 0.400. The van der Waals surface area contributed by atoms with Crippen LogP contribution < -0.4 is 0 Å². The van der Waals surface area contributed by atoms with E-state index in [9.17, 15) is 13.5 Å². The Bertz CT molecular complexity index is 1220. The number of sulfonamides is 1. The first kappa shape index (κ1) is 22.4. The Morgan fingerprint density at radius 3 is 2.58 bits per heavy atom. The summed E-state index contributed by atoms with van der Waals surface area (Å²) >= 11 is 0. The average Bonchev–Trinajstić information content (AvgIpc) is 2.82. The van der Waals surface area contributed by atoms with Crippen LogP contribution in [0.15, 0.2) is 65.7 Å². The Kier molecular flexibility index (Phi) is 6.44. The fourth-order valence-electron chi connectivity index (χ4n) is 4.77. The number of rotatable bonds is 4. The molecule has 174 valence electrons. The number of aliphatic hydroxyl groups excluding tert-OH is 1. The number of pyridine rings is 1. The maximum atomic E-state index is 14.2. The number of aliphatic hydroxyl groups is 1. The Labute approximate surface area is 194 Å². The van der Waals surface area contributed by atoms with Gasteiger partial charge in [0.05, 0.1) is 30.9 Å². The lowest BCUT2D eigenvalue weighted by atomic mass is 10.1. The summed E-state index contributed by atoms with van der Waals surface area (Å²) in [6.45, 7) is 3.12. The molecule has 5 rings (SSSR count). The molecule has 1 fully saturated rings. The van der Waals surface area contributed by atoms with Crippen molar-refractivity contribution in [3.05, 3.63) is 71.9 Å². The smallest absolute Gasteiger partial charge is 0.245 e. The second-order valence-electron chi connectivity index (χ2n) is 8.85. The van der Waals surface area contributed by atoms with Gasteiger partial charge >= 0.3 is 0 Å². The number of hydrogen-bond donors (Lipinski definition) is 1. The molecule has 2 aliphatic heterocycles. The summed E-state index contributed by atoms with van der Waals surface area (Å²) in [5, 5.41) is 10.7. The molecule has 0 unspecified atom stereocenters. The van der Waals surface area contributed by atoms with E-state index in [1.807, 2.05) is 42.5 Å². The third-order valence-corrected chi connectivity index (χ3v) is 8.56. The molecule has 0 spiro atoms. The Balaban J connectivity index is 1.55. The zero-order valence-corrected chi connectivity index (χ0v) is 19.3. The minimum Gasteiger partial charge on any atom is -0.393 e. The first-order chi connectivity index (χ1) is 16.0. The van der Waals surface area contributed by atoms with Crippen molar-refractivity contribution in [1.82, 2.24) is 14.2 Å². The number of hydrogen-bond acceptors (Lipinski definition) is 6. The Hall–Kier alpha value is -2.36. The number of fused-ring (bicyclic) bond motifs is 2. The molecule has 7 nitrogen and oxygen atoms in total. The average molecular weight is 468 g/mol. The summed E-state index contributed by atoms with van der Waals surface area (Å²) in [5.41, 5.74) is 2.44. The van der Waals surface area contributed by atoms with Crippen molar-refractivity contribution >= 4 is 20.9 Å². The monoisotopic (exact) mass is 467 g/mol. The van der Waals surface area contributed by atoms with Crippen LogP contribution in [-0.4, -0.2) is 66.1 Å². The zero-order valence-electron chi connectivity index (χ0n) is 18.5. The van der Waals surface area contributed by atoms with E-state index < -0.39 is 10.0 Å². The second kappa shape index (κ2) is 9.48. The Morgan fingerprint density at radius 1 is 1.00 bits per heavy atom. The lowest BCUT2D eigenvalue weighted by Crippen LogP contribution is -2.51. The third kappa shape index (κ3) is 4.67. The molecule has 0 saturated carbocycles. The van der Waals surface area contributed by atoms with Crippen LogP contribution in [0, 0.1) is 0 Å². The van der Waals surface area contributed by atoms with E-state index in [2.05, 4.69) is 9.88 Å². The molecule has 0 aliphatic carbocycles. The van der Waals surface area contributed by atoms with E-state index in [0.717, 1.165) is 29.6 Å². The SMILES string of the molecule is O=S(=O)(c1cccc2cccnc12)N1Cc2ccccc2COC[C@H]1CN1CCC(O)CC1. The number of benzene rings is 2. The summed E-state index contributed by atoms with van der Waals surface area (Å²) in [6, 6.07) is 16.5. The zero-order chi connectivity index (χ0) is 22.8. The van der Waals surface area contributed by atoms with E-state index in [1.54, 1.807) is 22.6 Å². The summed E-state index contributed by atoms with van der Waals surface area (Å²) < 4.78 is 35.9. The molecule has 33 heavy (non-hydrogen) atoms. The van der Waals surface area contributed by atoms with Crippen LogP contribution in [0.3, 0.4) is 0 Å². The molecule has 8 heteroatoms. The first-order valence-electron chi connectivity index (χ1n) is 11.4. The summed E-state index contributed by atoms with van der Waals surface area (Å²) in [7, 11) is -3.87. The maximum Gasteiger partial charge on any atom is 0.245 e. The molecule has 1 atom stereocenters. The van der Waals surface area contributed by atoms with Crippen LogP contribution >= 0.6 is 0 Å². The first-order valence-corrected chi connectivity index (χ1v) is 12.9. The quantitative estimate of drug-likeness (QED) is 0.635. The normalized spacial score (nSPS) is 21.4. The molecule has 3 heterocycles. The predicted octanol–water partition coefficient (Wildman–Crippen LogP) is 2.78. The highest BCUT2D eigenvalue weighted by molar-refractivity contribution is 7.89. The van der Waals surface area contributed by atoms with Crippen molar-refractivity contribution in [1.29, 1.82) is 0 Å². The molecule has 1 aromatic heterocycles. The van der Waals surface area contributed by atoms with Crippen molar-refractivity contribution in [2.24, 2.45) is 0 Å². The van der Waals surface area contributed by atoms with Crippen molar-refractivity contribution in [3.8, 4) is 0 Å². The number of para-hydroxylation sites is 1. The highest BCUT2D eigenvalue weighted by atomic mass is 32.2.